The highest BCUT2D eigenvalue weighted by Crippen LogP contribution is 2.57. The normalized spacial score (nSPS) is 15.2. The number of fused-ring (bicyclic) bond motifs is 6. The molecule has 9 rings (SSSR count). The number of likely N-dealkylation sites (tertiary alicyclic amines) is 1. The number of carbonyl (C=O) groups excluding carboxylic acids is 12. The molecule has 0 bridgehead atoms. The summed E-state index contributed by atoms with van der Waals surface area (Å²) in [4.78, 5) is 187. The van der Waals surface area contributed by atoms with Crippen LogP contribution in [0.15, 0.2) is 138 Å². The summed E-state index contributed by atoms with van der Waals surface area (Å²) in [5.41, 5.74) is 36.5. The molecule has 0 radical (unpaired) electrons. The molecule has 111 heavy (non-hydrogen) atoms. The third kappa shape index (κ3) is 20.2. The maximum atomic E-state index is 16.2. The van der Waals surface area contributed by atoms with Crippen LogP contribution < -0.4 is 70.2 Å². The van der Waals surface area contributed by atoms with Gasteiger partial charge in [0.15, 0.2) is 11.6 Å². The third-order valence-corrected chi connectivity index (χ3v) is 19.8. The van der Waals surface area contributed by atoms with Crippen molar-refractivity contribution in [2.24, 2.45) is 39.4 Å². The van der Waals surface area contributed by atoms with E-state index < -0.39 is 144 Å². The van der Waals surface area contributed by atoms with Gasteiger partial charge < -0.3 is 95.0 Å². The van der Waals surface area contributed by atoms with Crippen molar-refractivity contribution in [3.05, 3.63) is 178 Å². The molecule has 7 atom stereocenters. The highest BCUT2D eigenvalue weighted by atomic mass is 16.6. The summed E-state index contributed by atoms with van der Waals surface area (Å²) in [6.07, 6.45) is -2.29. The van der Waals surface area contributed by atoms with Crippen LogP contribution in [0.3, 0.4) is 0 Å². The first-order chi connectivity index (χ1) is 52.9. The molecule has 6 aromatic rings. The van der Waals surface area contributed by atoms with E-state index in [1.165, 1.54) is 54.4 Å². The number of aryl methyl sites for hydroxylation is 1. The number of nitrogens with two attached hydrogens (primary N) is 6. The van der Waals surface area contributed by atoms with E-state index in [2.05, 4.69) is 26.3 Å². The van der Waals surface area contributed by atoms with Gasteiger partial charge in [0.05, 0.1) is 12.0 Å². The molecule has 3 aliphatic rings. The number of rotatable bonds is 36. The number of guanidine groups is 1. The molecule has 0 saturated carbocycles. The van der Waals surface area contributed by atoms with Gasteiger partial charge in [0.2, 0.25) is 53.2 Å². The van der Waals surface area contributed by atoms with Gasteiger partial charge in [0, 0.05) is 120 Å². The van der Waals surface area contributed by atoms with Crippen molar-refractivity contribution in [2.75, 3.05) is 64.7 Å². The number of unbranched alkanes of at least 4 members (excludes halogenated alkanes) is 1. The second kappa shape index (κ2) is 37.0. The fourth-order valence-electron chi connectivity index (χ4n) is 13.8. The Kier molecular flexibility index (Phi) is 27.5. The first-order valence-corrected chi connectivity index (χ1v) is 36.4. The number of likely N-dealkylation sites (N-methyl/N-ethyl adjacent to an activating group) is 1. The topological polar surface area (TPSA) is 497 Å². The van der Waals surface area contributed by atoms with E-state index in [-0.39, 0.29) is 119 Å². The van der Waals surface area contributed by atoms with Crippen LogP contribution >= 0.6 is 0 Å². The summed E-state index contributed by atoms with van der Waals surface area (Å²) in [5.74, 6) is -11.8. The lowest BCUT2D eigenvalue weighted by Crippen LogP contribution is -2.62. The molecule has 588 valence electrons. The van der Waals surface area contributed by atoms with E-state index in [0.29, 0.717) is 44.2 Å². The average Bonchev–Trinajstić information content (AvgIpc) is 1.55. The van der Waals surface area contributed by atoms with Gasteiger partial charge in [-0.15, -0.1) is 0 Å². The van der Waals surface area contributed by atoms with Crippen LogP contribution in [0.4, 0.5) is 11.4 Å². The number of hydrogen-bond acceptors (Lipinski definition) is 20. The second-order valence-electron chi connectivity index (χ2n) is 28.1. The van der Waals surface area contributed by atoms with Crippen molar-refractivity contribution in [3.63, 3.8) is 0 Å². The summed E-state index contributed by atoms with van der Waals surface area (Å²) >= 11 is 0. The number of primary amides is 3. The van der Waals surface area contributed by atoms with Crippen molar-refractivity contribution >= 4 is 88.3 Å². The van der Waals surface area contributed by atoms with Gasteiger partial charge in [-0.05, 0) is 142 Å². The molecular weight excluding hydrogens is 1430 g/mol. The van der Waals surface area contributed by atoms with Crippen molar-refractivity contribution in [3.8, 4) is 23.0 Å². The SMILES string of the molecule is CN(C)c1ccc2c(c1)Oc1cc(N(C)C)ccc1C21OC(=O)c2cc(C(=O)N(C(=O)[C@H](CC(N)=O)NC(=O)[C@H](CCC(N)=O)NC(=O)[C@H](Cc3ccccc3)NC(=O)[C@@H](Cc3ccc(O)cc3)N(C)C(=O)CCc3ccc(O)cc3)[C@@H](CCCCN)C(=O)N3CCC[C@H]3C(=O)N[C@@H](CCCN=C(N)N)C(N)=O)ccc21. The molecule has 3 aliphatic heterocycles. The number of nitrogens with one attached hydrogen (secondary N) is 4. The standard InChI is InChI=1S/C79H96N16O16/c1-91(2)49-24-31-55-64(42-49)110-65-43-50(92(3)4)25-32-56(65)79(55)54-30-23-48(41-53(54)77(109)111-79)74(106)95(62(16-9-10-36-80)76(108)94-38-12-17-61(94)72(104)87-57(69(83)101)15-11-37-86-78(84)85)75(107)60(44-67(82)99)90-70(102)58(33-34-66(81)98)88-71(103)59(39-46-13-7-6-8-14-46)89-73(105)63(40-47-20-28-52(97)29-21-47)93(5)68(100)35-22-45-18-26-51(96)27-19-45/h6-8,13-14,18-21,23-32,41-43,57-63,96-97H,9-12,15-17,22,33-40,44,80H2,1-5H3,(H2,81,98)(H2,82,99)(H2,83,101)(H,87,104)(H,88,103)(H,89,105)(H,90,102)(H4,84,85,86)/t57-,58-,59-,60-,61-,62-,63+/m0/s1. The minimum absolute atomic E-state index is 0.0160. The minimum Gasteiger partial charge on any atom is -0.508 e. The molecule has 0 aromatic heterocycles. The van der Waals surface area contributed by atoms with Crippen LogP contribution in [0, 0.1) is 0 Å². The number of aromatic hydroxyl groups is 2. The maximum absolute atomic E-state index is 16.2. The molecule has 11 amide bonds. The fraction of sp³-hybridized carbons (Fsp3) is 0.380. The van der Waals surface area contributed by atoms with E-state index >= 15 is 24.0 Å². The number of phenolic OH excluding ortho intramolecular Hbond substituents is 2. The number of phenols is 2. The van der Waals surface area contributed by atoms with Crippen molar-refractivity contribution in [1.29, 1.82) is 0 Å². The number of carbonyl (C=O) groups is 12. The summed E-state index contributed by atoms with van der Waals surface area (Å²) in [5, 5.41) is 30.5. The van der Waals surface area contributed by atoms with Crippen LogP contribution in [0.1, 0.15) is 125 Å². The van der Waals surface area contributed by atoms with E-state index in [1.807, 2.05) is 50.1 Å². The number of hydrogen-bond donors (Lipinski definition) is 12. The summed E-state index contributed by atoms with van der Waals surface area (Å²) in [6, 6.07) is 23.6. The molecule has 18 N–H and O–H groups in total. The number of aliphatic imine (C=N–C) groups is 1. The highest BCUT2D eigenvalue weighted by molar-refractivity contribution is 6.12. The van der Waals surface area contributed by atoms with Crippen molar-refractivity contribution < 1.29 is 77.2 Å². The van der Waals surface area contributed by atoms with Crippen LogP contribution in [0.25, 0.3) is 0 Å². The molecule has 32 heteroatoms. The van der Waals surface area contributed by atoms with Gasteiger partial charge in [-0.1, -0.05) is 60.7 Å². The summed E-state index contributed by atoms with van der Waals surface area (Å²) in [7, 11) is 8.77. The predicted molar refractivity (Wildman–Crippen MR) is 410 cm³/mol. The average molecular weight is 1530 g/mol. The Hall–Kier alpha value is -12.6. The van der Waals surface area contributed by atoms with Gasteiger partial charge >= 0.3 is 5.97 Å². The van der Waals surface area contributed by atoms with Crippen LogP contribution in [0.2, 0.25) is 0 Å². The Labute approximate surface area is 641 Å². The number of amides is 11. The second-order valence-corrected chi connectivity index (χ2v) is 28.1. The lowest BCUT2D eigenvalue weighted by Gasteiger charge is -2.37. The highest BCUT2D eigenvalue weighted by Gasteiger charge is 2.55. The number of anilines is 2. The smallest absolute Gasteiger partial charge is 0.340 e. The lowest BCUT2D eigenvalue weighted by atomic mass is 9.77. The van der Waals surface area contributed by atoms with Gasteiger partial charge in [-0.2, -0.15) is 0 Å². The molecule has 0 unspecified atom stereocenters. The first kappa shape index (κ1) is 82.4. The molecule has 1 spiro atoms. The Balaban J connectivity index is 1.10. The molecule has 0 aliphatic carbocycles. The van der Waals surface area contributed by atoms with Crippen molar-refractivity contribution in [2.45, 2.75) is 138 Å². The molecule has 32 nitrogen and oxygen atoms in total. The number of nitrogens with zero attached hydrogens (tertiary/aromatic N) is 6. The van der Waals surface area contributed by atoms with Gasteiger partial charge in [0.25, 0.3) is 11.8 Å². The Morgan fingerprint density at radius 2 is 1.18 bits per heavy atom. The number of esters is 1. The van der Waals surface area contributed by atoms with Crippen LogP contribution in [-0.2, 0) is 77.5 Å². The summed E-state index contributed by atoms with van der Waals surface area (Å²) in [6.45, 7) is -0.0166. The van der Waals surface area contributed by atoms with E-state index in [0.717, 1.165) is 16.3 Å². The largest absolute Gasteiger partial charge is 0.508 e. The zero-order valence-electron chi connectivity index (χ0n) is 62.5. The molecule has 1 saturated heterocycles. The predicted octanol–water partition coefficient (Wildman–Crippen LogP) is 1.82. The maximum Gasteiger partial charge on any atom is 0.340 e. The number of benzene rings is 6. The van der Waals surface area contributed by atoms with Crippen LogP contribution in [0.5, 0.6) is 23.0 Å². The quantitative estimate of drug-likeness (QED) is 0.0115. The lowest BCUT2D eigenvalue weighted by molar-refractivity contribution is -0.148. The fourth-order valence-corrected chi connectivity index (χ4v) is 13.8. The van der Waals surface area contributed by atoms with E-state index in [4.69, 9.17) is 43.9 Å². The van der Waals surface area contributed by atoms with Crippen LogP contribution in [-0.4, -0.2) is 199 Å². The number of imide groups is 1. The zero-order chi connectivity index (χ0) is 80.5. The molecular formula is C79H96N16O16. The van der Waals surface area contributed by atoms with Gasteiger partial charge in [0.1, 0.15) is 65.3 Å². The Morgan fingerprint density at radius 1 is 0.595 bits per heavy atom. The molecule has 3 heterocycles. The Bertz CT molecular complexity index is 4440. The zero-order valence-corrected chi connectivity index (χ0v) is 62.5. The Morgan fingerprint density at radius 3 is 1.77 bits per heavy atom. The molecule has 1 fully saturated rings. The van der Waals surface area contributed by atoms with Gasteiger partial charge in [-0.3, -0.25) is 62.6 Å². The monoisotopic (exact) mass is 1520 g/mol. The van der Waals surface area contributed by atoms with E-state index in [9.17, 15) is 43.8 Å². The van der Waals surface area contributed by atoms with Crippen molar-refractivity contribution in [1.82, 2.24) is 36.0 Å². The molecule has 6 aromatic carbocycles. The third-order valence-electron chi connectivity index (χ3n) is 19.8. The van der Waals surface area contributed by atoms with Gasteiger partial charge in [-0.25, -0.2) is 4.79 Å². The minimum atomic E-state index is -2.22. The number of ether oxygens (including phenoxy) is 2. The first-order valence-electron chi connectivity index (χ1n) is 36.4. The summed E-state index contributed by atoms with van der Waals surface area (Å²) < 4.78 is 13.1. The van der Waals surface area contributed by atoms with E-state index in [1.54, 1.807) is 78.9 Å².